The first kappa shape index (κ1) is 20.7. The van der Waals surface area contributed by atoms with Crippen LogP contribution in [0.3, 0.4) is 0 Å². The van der Waals surface area contributed by atoms with Gasteiger partial charge in [0.05, 0.1) is 19.8 Å². The lowest BCUT2D eigenvalue weighted by Gasteiger charge is -2.13. The van der Waals surface area contributed by atoms with E-state index >= 15 is 0 Å². The maximum Gasteiger partial charge on any atom is 0.191 e. The fourth-order valence-corrected chi connectivity index (χ4v) is 3.03. The van der Waals surface area contributed by atoms with Gasteiger partial charge in [0.25, 0.3) is 0 Å². The molecule has 0 aliphatic heterocycles. The number of guanidine groups is 1. The normalized spacial score (nSPS) is 11.4. The minimum Gasteiger partial charge on any atom is -0.372 e. The molecule has 0 unspecified atom stereocenters. The van der Waals surface area contributed by atoms with Crippen molar-refractivity contribution < 1.29 is 4.74 Å². The molecule has 1 aromatic heterocycles. The Balaban J connectivity index is 1.54. The number of benzene rings is 2. The van der Waals surface area contributed by atoms with Crippen molar-refractivity contribution in [1.29, 1.82) is 0 Å². The Morgan fingerprint density at radius 1 is 0.862 bits per heavy atom. The first-order chi connectivity index (χ1) is 14.3. The number of aliphatic imine (C=N–C) groups is 1. The fourth-order valence-electron chi connectivity index (χ4n) is 3.03. The van der Waals surface area contributed by atoms with Crippen molar-refractivity contribution in [2.24, 2.45) is 4.99 Å². The molecule has 0 saturated heterocycles. The van der Waals surface area contributed by atoms with Crippen molar-refractivity contribution in [3.63, 3.8) is 0 Å². The van der Waals surface area contributed by atoms with E-state index in [1.807, 2.05) is 30.3 Å². The van der Waals surface area contributed by atoms with Gasteiger partial charge in [-0.25, -0.2) is 4.99 Å². The molecule has 1 heterocycles. The van der Waals surface area contributed by atoms with Gasteiger partial charge in [0.1, 0.15) is 0 Å². The monoisotopic (exact) mass is 390 g/mol. The first-order valence-corrected chi connectivity index (χ1v) is 10.2. The van der Waals surface area contributed by atoms with Gasteiger partial charge in [0, 0.05) is 32.0 Å². The quantitative estimate of drug-likeness (QED) is 0.407. The van der Waals surface area contributed by atoms with Crippen LogP contribution < -0.4 is 10.6 Å². The highest BCUT2D eigenvalue weighted by molar-refractivity contribution is 5.79. The highest BCUT2D eigenvalue weighted by Gasteiger charge is 2.04. The average Bonchev–Trinajstić information content (AvgIpc) is 3.27. The van der Waals surface area contributed by atoms with E-state index in [2.05, 4.69) is 70.9 Å². The van der Waals surface area contributed by atoms with Crippen molar-refractivity contribution in [2.45, 2.75) is 33.2 Å². The predicted molar refractivity (Wildman–Crippen MR) is 119 cm³/mol. The summed E-state index contributed by atoms with van der Waals surface area (Å²) in [5.74, 6) is 0.833. The molecular weight excluding hydrogens is 360 g/mol. The van der Waals surface area contributed by atoms with Gasteiger partial charge in [0.15, 0.2) is 5.96 Å². The molecule has 2 aromatic carbocycles. The molecule has 5 heteroatoms. The zero-order valence-corrected chi connectivity index (χ0v) is 17.1. The number of nitrogens with one attached hydrogen (secondary N) is 2. The lowest BCUT2D eigenvalue weighted by Crippen LogP contribution is -2.38. The van der Waals surface area contributed by atoms with Crippen molar-refractivity contribution in [1.82, 2.24) is 15.2 Å². The van der Waals surface area contributed by atoms with Crippen LogP contribution in [0.15, 0.2) is 84.1 Å². The van der Waals surface area contributed by atoms with Gasteiger partial charge in [-0.3, -0.25) is 0 Å². The van der Waals surface area contributed by atoms with Gasteiger partial charge in [-0.1, -0.05) is 54.6 Å². The third-order valence-corrected chi connectivity index (χ3v) is 4.57. The van der Waals surface area contributed by atoms with E-state index in [4.69, 9.17) is 9.73 Å². The van der Waals surface area contributed by atoms with E-state index in [1.54, 1.807) is 0 Å². The standard InChI is InChI=1S/C24H30N4O/c1-2-25-24(26-14-17-28-15-8-9-16-28)27-18-22-12-6-7-13-23(22)20-29-19-21-10-4-3-5-11-21/h3-13,15-16H,2,14,17-20H2,1H3,(H2,25,26,27). The van der Waals surface area contributed by atoms with Crippen LogP contribution in [0.1, 0.15) is 23.6 Å². The predicted octanol–water partition coefficient (Wildman–Crippen LogP) is 3.96. The molecule has 0 aliphatic carbocycles. The van der Waals surface area contributed by atoms with Gasteiger partial charge >= 0.3 is 0 Å². The summed E-state index contributed by atoms with van der Waals surface area (Å²) in [5, 5.41) is 6.72. The Hall–Kier alpha value is -3.05. The molecule has 5 nitrogen and oxygen atoms in total. The average molecular weight is 391 g/mol. The van der Waals surface area contributed by atoms with Crippen molar-refractivity contribution >= 4 is 5.96 Å². The molecule has 0 saturated carbocycles. The topological polar surface area (TPSA) is 50.6 Å². The molecule has 0 radical (unpaired) electrons. The van der Waals surface area contributed by atoms with Gasteiger partial charge in [-0.2, -0.15) is 0 Å². The largest absolute Gasteiger partial charge is 0.372 e. The highest BCUT2D eigenvalue weighted by Crippen LogP contribution is 2.13. The number of nitrogens with zero attached hydrogens (tertiary/aromatic N) is 2. The fraction of sp³-hybridized carbons (Fsp3) is 0.292. The number of ether oxygens (including phenoxy) is 1. The molecule has 2 N–H and O–H groups in total. The molecular formula is C24H30N4O. The second kappa shape index (κ2) is 11.7. The van der Waals surface area contributed by atoms with E-state index in [-0.39, 0.29) is 0 Å². The van der Waals surface area contributed by atoms with Crippen LogP contribution in [0.2, 0.25) is 0 Å². The number of hydrogen-bond donors (Lipinski definition) is 2. The summed E-state index contributed by atoms with van der Waals surface area (Å²) in [7, 11) is 0. The Labute approximate surface area is 173 Å². The first-order valence-electron chi connectivity index (χ1n) is 10.2. The molecule has 0 amide bonds. The second-order valence-electron chi connectivity index (χ2n) is 6.79. The number of aromatic nitrogens is 1. The van der Waals surface area contributed by atoms with E-state index < -0.39 is 0 Å². The number of rotatable bonds is 10. The maximum atomic E-state index is 5.92. The molecule has 0 aliphatic rings. The zero-order valence-electron chi connectivity index (χ0n) is 17.1. The van der Waals surface area contributed by atoms with Crippen LogP contribution in [-0.2, 0) is 31.0 Å². The molecule has 152 valence electrons. The lowest BCUT2D eigenvalue weighted by molar-refractivity contribution is 0.106. The Morgan fingerprint density at radius 3 is 2.34 bits per heavy atom. The van der Waals surface area contributed by atoms with Crippen LogP contribution >= 0.6 is 0 Å². The summed E-state index contributed by atoms with van der Waals surface area (Å²) in [6.07, 6.45) is 4.13. The zero-order chi connectivity index (χ0) is 20.2. The molecule has 29 heavy (non-hydrogen) atoms. The molecule has 0 fully saturated rings. The summed E-state index contributed by atoms with van der Waals surface area (Å²) in [5.41, 5.74) is 3.54. The van der Waals surface area contributed by atoms with Gasteiger partial charge in [0.2, 0.25) is 0 Å². The van der Waals surface area contributed by atoms with Crippen LogP contribution in [0.5, 0.6) is 0 Å². The smallest absolute Gasteiger partial charge is 0.191 e. The third-order valence-electron chi connectivity index (χ3n) is 4.57. The summed E-state index contributed by atoms with van der Waals surface area (Å²) < 4.78 is 8.07. The summed E-state index contributed by atoms with van der Waals surface area (Å²) >= 11 is 0. The van der Waals surface area contributed by atoms with Gasteiger partial charge < -0.3 is 19.9 Å². The van der Waals surface area contributed by atoms with E-state index in [0.29, 0.717) is 19.8 Å². The van der Waals surface area contributed by atoms with Gasteiger partial charge in [-0.15, -0.1) is 0 Å². The molecule has 0 spiro atoms. The molecule has 3 rings (SSSR count). The van der Waals surface area contributed by atoms with Crippen LogP contribution in [0, 0.1) is 0 Å². The van der Waals surface area contributed by atoms with Crippen LogP contribution in [0.4, 0.5) is 0 Å². The van der Waals surface area contributed by atoms with Gasteiger partial charge in [-0.05, 0) is 35.7 Å². The summed E-state index contributed by atoms with van der Waals surface area (Å²) in [4.78, 5) is 4.76. The minimum absolute atomic E-state index is 0.582. The Morgan fingerprint density at radius 2 is 1.59 bits per heavy atom. The Kier molecular flexibility index (Phi) is 8.35. The second-order valence-corrected chi connectivity index (χ2v) is 6.79. The van der Waals surface area contributed by atoms with E-state index in [9.17, 15) is 0 Å². The Bertz CT molecular complexity index is 860. The minimum atomic E-state index is 0.582. The van der Waals surface area contributed by atoms with Crippen molar-refractivity contribution in [2.75, 3.05) is 13.1 Å². The van der Waals surface area contributed by atoms with Crippen molar-refractivity contribution in [3.8, 4) is 0 Å². The summed E-state index contributed by atoms with van der Waals surface area (Å²) in [6.45, 7) is 6.44. The summed E-state index contributed by atoms with van der Waals surface area (Å²) in [6, 6.07) is 22.7. The van der Waals surface area contributed by atoms with E-state index in [1.165, 1.54) is 16.7 Å². The SMILES string of the molecule is CCNC(=NCc1ccccc1COCc1ccccc1)NCCn1cccc1. The third kappa shape index (κ3) is 7.12. The van der Waals surface area contributed by atoms with Crippen LogP contribution in [0.25, 0.3) is 0 Å². The molecule has 3 aromatic rings. The van der Waals surface area contributed by atoms with Crippen LogP contribution in [-0.4, -0.2) is 23.6 Å². The van der Waals surface area contributed by atoms with E-state index in [0.717, 1.165) is 25.6 Å². The molecule has 0 bridgehead atoms. The highest BCUT2D eigenvalue weighted by atomic mass is 16.5. The molecule has 0 atom stereocenters. The van der Waals surface area contributed by atoms with Crippen molar-refractivity contribution in [3.05, 3.63) is 95.8 Å². The lowest BCUT2D eigenvalue weighted by atomic mass is 10.1. The maximum absolute atomic E-state index is 5.92. The number of hydrogen-bond acceptors (Lipinski definition) is 2.